The van der Waals surface area contributed by atoms with Crippen molar-refractivity contribution in [2.24, 2.45) is 0 Å². The molecule has 0 spiro atoms. The smallest absolute Gasteiger partial charge is 0.315 e. The molecule has 1 aromatic rings. The molecule has 1 rings (SSSR count). The van der Waals surface area contributed by atoms with Crippen molar-refractivity contribution in [3.8, 4) is 0 Å². The van der Waals surface area contributed by atoms with Gasteiger partial charge < -0.3 is 10.2 Å². The highest BCUT2D eigenvalue weighted by Gasteiger charge is 2.32. The first-order valence-electron chi connectivity index (χ1n) is 6.46. The minimum atomic E-state index is -4.45. The van der Waals surface area contributed by atoms with Gasteiger partial charge in [0.2, 0.25) is 0 Å². The number of hydrogen-bond donors (Lipinski definition) is 1. The molecular formula is C14H17F3N2O2. The number of halogens is 3. The predicted molar refractivity (Wildman–Crippen MR) is 73.4 cm³/mol. The van der Waals surface area contributed by atoms with Crippen molar-refractivity contribution in [3.05, 3.63) is 29.8 Å². The molecule has 4 nitrogen and oxygen atoms in total. The van der Waals surface area contributed by atoms with Crippen LogP contribution < -0.4 is 5.32 Å². The van der Waals surface area contributed by atoms with E-state index in [9.17, 15) is 22.8 Å². The fourth-order valence-corrected chi connectivity index (χ4v) is 1.76. The van der Waals surface area contributed by atoms with E-state index in [1.54, 1.807) is 19.1 Å². The van der Waals surface area contributed by atoms with Crippen LogP contribution in [-0.2, 0) is 0 Å². The molecule has 0 aliphatic heterocycles. The number of alkyl halides is 3. The van der Waals surface area contributed by atoms with Crippen molar-refractivity contribution in [1.82, 2.24) is 4.90 Å². The highest BCUT2D eigenvalue weighted by Crippen LogP contribution is 2.18. The monoisotopic (exact) mass is 302 g/mol. The number of Topliss-reactive ketones (excluding diaryl/α,β-unsaturated/α-hetero) is 1. The molecule has 0 saturated carbocycles. The Hall–Kier alpha value is -2.05. The van der Waals surface area contributed by atoms with Gasteiger partial charge in [-0.05, 0) is 25.5 Å². The van der Waals surface area contributed by atoms with E-state index in [-0.39, 0.29) is 18.0 Å². The van der Waals surface area contributed by atoms with Crippen LogP contribution in [0, 0.1) is 0 Å². The van der Waals surface area contributed by atoms with Crippen LogP contribution in [0.2, 0.25) is 0 Å². The summed E-state index contributed by atoms with van der Waals surface area (Å²) in [5.41, 5.74) is 0.668. The van der Waals surface area contributed by atoms with Gasteiger partial charge in [0, 0.05) is 17.8 Å². The lowest BCUT2D eigenvalue weighted by Crippen LogP contribution is -2.41. The van der Waals surface area contributed by atoms with Crippen LogP contribution in [0.5, 0.6) is 0 Å². The largest absolute Gasteiger partial charge is 0.406 e. The summed E-state index contributed by atoms with van der Waals surface area (Å²) in [5.74, 6) is -0.188. The van der Waals surface area contributed by atoms with E-state index in [2.05, 4.69) is 5.32 Å². The first-order valence-corrected chi connectivity index (χ1v) is 6.46. The number of ketones is 1. The van der Waals surface area contributed by atoms with Gasteiger partial charge >= 0.3 is 12.2 Å². The minimum absolute atomic E-state index is 0.00224. The number of rotatable bonds is 5. The fourth-order valence-electron chi connectivity index (χ4n) is 1.76. The zero-order valence-corrected chi connectivity index (χ0v) is 11.8. The van der Waals surface area contributed by atoms with Gasteiger partial charge in [-0.1, -0.05) is 19.1 Å². The number of nitrogens with one attached hydrogen (secondary N) is 1. The van der Waals surface area contributed by atoms with Crippen molar-refractivity contribution in [1.29, 1.82) is 0 Å². The lowest BCUT2D eigenvalue weighted by atomic mass is 10.1. The summed E-state index contributed by atoms with van der Waals surface area (Å²) in [6, 6.07) is 5.23. The maximum Gasteiger partial charge on any atom is 0.406 e. The third-order valence-corrected chi connectivity index (χ3v) is 2.67. The lowest BCUT2D eigenvalue weighted by Gasteiger charge is -2.23. The van der Waals surface area contributed by atoms with Gasteiger partial charge in [-0.25, -0.2) is 4.79 Å². The molecule has 0 unspecified atom stereocenters. The predicted octanol–water partition coefficient (Wildman–Crippen LogP) is 3.70. The maximum absolute atomic E-state index is 12.4. The van der Waals surface area contributed by atoms with Crippen molar-refractivity contribution in [2.45, 2.75) is 26.4 Å². The molecule has 0 aliphatic carbocycles. The molecule has 0 radical (unpaired) electrons. The second-order valence-corrected chi connectivity index (χ2v) is 4.60. The maximum atomic E-state index is 12.4. The number of urea groups is 1. The van der Waals surface area contributed by atoms with Crippen LogP contribution in [-0.4, -0.2) is 36.0 Å². The molecule has 0 saturated heterocycles. The van der Waals surface area contributed by atoms with Crippen LogP contribution in [0.1, 0.15) is 30.6 Å². The number of amides is 2. The quantitative estimate of drug-likeness (QED) is 0.843. The molecule has 0 aromatic heterocycles. The Morgan fingerprint density at radius 1 is 1.29 bits per heavy atom. The van der Waals surface area contributed by atoms with Crippen molar-refractivity contribution >= 4 is 17.5 Å². The summed E-state index contributed by atoms with van der Waals surface area (Å²) in [6.07, 6.45) is -4.04. The number of anilines is 1. The Morgan fingerprint density at radius 3 is 2.48 bits per heavy atom. The van der Waals surface area contributed by atoms with E-state index in [4.69, 9.17) is 0 Å². The van der Waals surface area contributed by atoms with Crippen LogP contribution in [0.3, 0.4) is 0 Å². The summed E-state index contributed by atoms with van der Waals surface area (Å²) in [5, 5.41) is 2.38. The molecule has 1 N–H and O–H groups in total. The lowest BCUT2D eigenvalue weighted by molar-refractivity contribution is -0.139. The second-order valence-electron chi connectivity index (χ2n) is 4.60. The van der Waals surface area contributed by atoms with Crippen molar-refractivity contribution in [3.63, 3.8) is 0 Å². The molecule has 116 valence electrons. The number of carbonyl (C=O) groups is 2. The van der Waals surface area contributed by atoms with Gasteiger partial charge in [-0.2, -0.15) is 13.2 Å². The van der Waals surface area contributed by atoms with E-state index in [0.717, 1.165) is 0 Å². The van der Waals surface area contributed by atoms with Gasteiger partial charge in [-0.15, -0.1) is 0 Å². The van der Waals surface area contributed by atoms with E-state index in [0.29, 0.717) is 16.9 Å². The van der Waals surface area contributed by atoms with E-state index in [1.807, 2.05) is 0 Å². The Bertz CT molecular complexity index is 515. The Kier molecular flexibility index (Phi) is 5.75. The summed E-state index contributed by atoms with van der Waals surface area (Å²) < 4.78 is 37.3. The van der Waals surface area contributed by atoms with Crippen LogP contribution in [0.25, 0.3) is 0 Å². The molecule has 21 heavy (non-hydrogen) atoms. The molecule has 0 heterocycles. The van der Waals surface area contributed by atoms with Gasteiger partial charge in [0.05, 0.1) is 0 Å². The molecule has 0 atom stereocenters. The highest BCUT2D eigenvalue weighted by atomic mass is 19.4. The molecule has 1 aromatic carbocycles. The number of carbonyl (C=O) groups excluding carboxylic acids is 2. The van der Waals surface area contributed by atoms with Crippen LogP contribution >= 0.6 is 0 Å². The number of benzene rings is 1. The first kappa shape index (κ1) is 17.0. The third-order valence-electron chi connectivity index (χ3n) is 2.67. The van der Waals surface area contributed by atoms with Gasteiger partial charge in [-0.3, -0.25) is 4.79 Å². The zero-order chi connectivity index (χ0) is 16.0. The molecule has 0 aliphatic rings. The molecular weight excluding hydrogens is 285 g/mol. The standard InChI is InChI=1S/C14H17F3N2O2/c1-3-7-19(9-14(15,16)17)13(21)18-12-6-4-5-11(8-12)10(2)20/h4-6,8H,3,7,9H2,1-2H3,(H,18,21). The van der Waals surface area contributed by atoms with Crippen molar-refractivity contribution in [2.75, 3.05) is 18.4 Å². The van der Waals surface area contributed by atoms with Crippen molar-refractivity contribution < 1.29 is 22.8 Å². The topological polar surface area (TPSA) is 49.4 Å². The average molecular weight is 302 g/mol. The Labute approximate surface area is 120 Å². The highest BCUT2D eigenvalue weighted by molar-refractivity contribution is 5.96. The summed E-state index contributed by atoms with van der Waals surface area (Å²) in [4.78, 5) is 23.8. The third kappa shape index (κ3) is 5.85. The van der Waals surface area contributed by atoms with E-state index in [1.165, 1.54) is 19.1 Å². The normalized spacial score (nSPS) is 11.1. The molecule has 0 bridgehead atoms. The summed E-state index contributed by atoms with van der Waals surface area (Å²) in [7, 11) is 0. The zero-order valence-electron chi connectivity index (χ0n) is 11.8. The SMILES string of the molecule is CCCN(CC(F)(F)F)C(=O)Nc1cccc(C(C)=O)c1. The summed E-state index contributed by atoms with van der Waals surface area (Å²) in [6.45, 7) is 1.75. The molecule has 2 amide bonds. The van der Waals surface area contributed by atoms with Crippen LogP contribution in [0.4, 0.5) is 23.7 Å². The van der Waals surface area contributed by atoms with Gasteiger partial charge in [0.25, 0.3) is 0 Å². The number of nitrogens with zero attached hydrogens (tertiary/aromatic N) is 1. The van der Waals surface area contributed by atoms with Gasteiger partial charge in [0.15, 0.2) is 5.78 Å². The average Bonchev–Trinajstić information content (AvgIpc) is 2.37. The minimum Gasteiger partial charge on any atom is -0.315 e. The van der Waals surface area contributed by atoms with E-state index >= 15 is 0 Å². The fraction of sp³-hybridized carbons (Fsp3) is 0.429. The molecule has 0 fully saturated rings. The second kappa shape index (κ2) is 7.10. The molecule has 7 heteroatoms. The number of hydrogen-bond acceptors (Lipinski definition) is 2. The summed E-state index contributed by atoms with van der Waals surface area (Å²) >= 11 is 0. The van der Waals surface area contributed by atoms with E-state index < -0.39 is 18.8 Å². The Morgan fingerprint density at radius 2 is 1.95 bits per heavy atom. The Balaban J connectivity index is 2.81. The van der Waals surface area contributed by atoms with Crippen LogP contribution in [0.15, 0.2) is 24.3 Å². The van der Waals surface area contributed by atoms with Gasteiger partial charge in [0.1, 0.15) is 6.54 Å². The first-order chi connectivity index (χ1) is 9.73.